The molecule has 5 rings (SSSR count). The predicted octanol–water partition coefficient (Wildman–Crippen LogP) is 5.50. The van der Waals surface area contributed by atoms with Crippen LogP contribution in [0.3, 0.4) is 0 Å². The van der Waals surface area contributed by atoms with Crippen molar-refractivity contribution in [3.63, 3.8) is 0 Å². The van der Waals surface area contributed by atoms with Gasteiger partial charge >= 0.3 is 6.18 Å². The number of alkyl halides is 3. The van der Waals surface area contributed by atoms with Gasteiger partial charge in [0.05, 0.1) is 39.3 Å². The summed E-state index contributed by atoms with van der Waals surface area (Å²) in [5.41, 5.74) is -0.231. The summed E-state index contributed by atoms with van der Waals surface area (Å²) >= 11 is 0. The average molecular weight is 538 g/mol. The smallest absolute Gasteiger partial charge is 0.419 e. The van der Waals surface area contributed by atoms with Crippen LogP contribution in [0, 0.1) is 12.8 Å². The zero-order valence-electron chi connectivity index (χ0n) is 21.8. The Morgan fingerprint density at radius 2 is 1.62 bits per heavy atom. The third kappa shape index (κ3) is 4.43. The number of rotatable bonds is 6. The zero-order chi connectivity index (χ0) is 28.2. The van der Waals surface area contributed by atoms with E-state index in [9.17, 15) is 27.6 Å². The van der Waals surface area contributed by atoms with Crippen molar-refractivity contribution in [2.24, 2.45) is 13.0 Å². The van der Waals surface area contributed by atoms with E-state index in [0.29, 0.717) is 17.5 Å². The van der Waals surface area contributed by atoms with Crippen molar-refractivity contribution in [2.45, 2.75) is 39.4 Å². The molecule has 2 amide bonds. The Balaban J connectivity index is 1.60. The first-order chi connectivity index (χ1) is 18.4. The topological polar surface area (TPSA) is 81.5 Å². The molecule has 0 spiro atoms. The van der Waals surface area contributed by atoms with Gasteiger partial charge in [-0.3, -0.25) is 24.3 Å². The molecule has 202 valence electrons. The maximum absolute atomic E-state index is 14.3. The second-order valence-corrected chi connectivity index (χ2v) is 10.2. The monoisotopic (exact) mass is 537 g/mol. The van der Waals surface area contributed by atoms with E-state index in [1.165, 1.54) is 29.9 Å². The van der Waals surface area contributed by atoms with Crippen molar-refractivity contribution < 1.29 is 27.5 Å². The van der Waals surface area contributed by atoms with Crippen LogP contribution in [-0.2, 0) is 13.2 Å². The van der Waals surface area contributed by atoms with E-state index in [2.05, 4.69) is 4.98 Å². The van der Waals surface area contributed by atoms with E-state index < -0.39 is 40.9 Å². The number of benzene rings is 2. The van der Waals surface area contributed by atoms with Crippen molar-refractivity contribution in [3.8, 4) is 5.75 Å². The number of pyridine rings is 2. The Labute approximate surface area is 221 Å². The van der Waals surface area contributed by atoms with Gasteiger partial charge in [0.1, 0.15) is 12.4 Å². The number of ether oxygens (including phenoxy) is 1. The van der Waals surface area contributed by atoms with Crippen molar-refractivity contribution in [1.82, 2.24) is 14.5 Å². The summed E-state index contributed by atoms with van der Waals surface area (Å²) in [4.78, 5) is 44.5. The Kier molecular flexibility index (Phi) is 6.44. The summed E-state index contributed by atoms with van der Waals surface area (Å²) in [5.74, 6) is -1.47. The highest BCUT2D eigenvalue weighted by molar-refractivity contribution is 6.21. The van der Waals surface area contributed by atoms with Gasteiger partial charge in [-0.2, -0.15) is 13.2 Å². The molecule has 7 nitrogen and oxygen atoms in total. The molecule has 0 fully saturated rings. The number of hydrogen-bond donors (Lipinski definition) is 0. The first kappa shape index (κ1) is 26.4. The lowest BCUT2D eigenvalue weighted by molar-refractivity contribution is -0.139. The molecule has 0 radical (unpaired) electrons. The van der Waals surface area contributed by atoms with E-state index in [1.54, 1.807) is 31.2 Å². The number of carbonyl (C=O) groups excluding carboxylic acids is 2. The molecule has 0 saturated heterocycles. The summed E-state index contributed by atoms with van der Waals surface area (Å²) in [6, 6.07) is 9.30. The normalized spacial score (nSPS) is 14.5. The maximum atomic E-state index is 14.3. The van der Waals surface area contributed by atoms with Gasteiger partial charge in [-0.25, -0.2) is 0 Å². The quantitative estimate of drug-likeness (QED) is 0.240. The van der Waals surface area contributed by atoms with Crippen LogP contribution in [0.2, 0.25) is 0 Å². The van der Waals surface area contributed by atoms with Crippen LogP contribution in [-0.4, -0.2) is 38.9 Å². The lowest BCUT2D eigenvalue weighted by atomic mass is 10.0. The summed E-state index contributed by atoms with van der Waals surface area (Å²) in [5, 5.41) is 0.842. The van der Waals surface area contributed by atoms with Crippen molar-refractivity contribution >= 4 is 33.5 Å². The standard InChI is InChI=1S/C29H26F3N3O4/c1-15(2)11-17(35-26(36)19-7-5-6-8-20(19)27(35)37)14-39-24-13-23-21(12-22(24)29(30,31)32)18-9-10-33-16(3)25(18)28(38)34(23)4/h5-10,12-13,15,17H,11,14H2,1-4H3/t17-/m0/s1. The number of nitrogens with zero attached hydrogens (tertiary/aromatic N) is 3. The number of hydrogen-bond acceptors (Lipinski definition) is 5. The number of carbonyl (C=O) groups is 2. The molecule has 1 aliphatic heterocycles. The fraction of sp³-hybridized carbons (Fsp3) is 0.310. The molecule has 0 bridgehead atoms. The third-order valence-electron chi connectivity index (χ3n) is 7.08. The Morgan fingerprint density at radius 1 is 0.974 bits per heavy atom. The van der Waals surface area contributed by atoms with Gasteiger partial charge in [0.25, 0.3) is 17.4 Å². The van der Waals surface area contributed by atoms with Crippen LogP contribution >= 0.6 is 0 Å². The van der Waals surface area contributed by atoms with Crippen molar-refractivity contribution in [3.05, 3.63) is 81.4 Å². The Bertz CT molecular complexity index is 1670. The number of amides is 2. The summed E-state index contributed by atoms with van der Waals surface area (Å²) in [6.07, 6.45) is -2.99. The molecule has 0 aliphatic carbocycles. The van der Waals surface area contributed by atoms with E-state index in [0.717, 1.165) is 11.0 Å². The Morgan fingerprint density at radius 3 is 2.21 bits per heavy atom. The number of halogens is 3. The molecular formula is C29H26F3N3O4. The summed E-state index contributed by atoms with van der Waals surface area (Å²) < 4.78 is 49.9. The second-order valence-electron chi connectivity index (χ2n) is 10.2. The highest BCUT2D eigenvalue weighted by Gasteiger charge is 2.41. The van der Waals surface area contributed by atoms with Crippen LogP contribution in [0.25, 0.3) is 21.7 Å². The number of aryl methyl sites for hydroxylation is 2. The first-order valence-electron chi connectivity index (χ1n) is 12.5. The lowest BCUT2D eigenvalue weighted by Crippen LogP contribution is -2.44. The highest BCUT2D eigenvalue weighted by atomic mass is 19.4. The molecule has 0 unspecified atom stereocenters. The molecule has 2 aromatic carbocycles. The predicted molar refractivity (Wildman–Crippen MR) is 140 cm³/mol. The van der Waals surface area contributed by atoms with Crippen molar-refractivity contribution in [1.29, 1.82) is 0 Å². The molecule has 39 heavy (non-hydrogen) atoms. The number of fused-ring (bicyclic) bond motifs is 4. The van der Waals surface area contributed by atoms with Gasteiger partial charge in [-0.1, -0.05) is 26.0 Å². The van der Waals surface area contributed by atoms with Gasteiger partial charge < -0.3 is 9.30 Å². The van der Waals surface area contributed by atoms with E-state index in [1.807, 2.05) is 13.8 Å². The molecule has 2 aromatic heterocycles. The van der Waals surface area contributed by atoms with Gasteiger partial charge in [-0.15, -0.1) is 0 Å². The molecule has 0 saturated carbocycles. The fourth-order valence-electron chi connectivity index (χ4n) is 5.26. The molecule has 1 aliphatic rings. The van der Waals surface area contributed by atoms with E-state index in [-0.39, 0.29) is 39.9 Å². The van der Waals surface area contributed by atoms with Crippen molar-refractivity contribution in [2.75, 3.05) is 6.61 Å². The molecule has 1 atom stereocenters. The minimum Gasteiger partial charge on any atom is -0.491 e. The van der Waals surface area contributed by atoms with Crippen LogP contribution in [0.4, 0.5) is 13.2 Å². The molecular weight excluding hydrogens is 511 g/mol. The third-order valence-corrected chi connectivity index (χ3v) is 7.08. The van der Waals surface area contributed by atoms with Gasteiger partial charge in [0, 0.05) is 24.7 Å². The summed E-state index contributed by atoms with van der Waals surface area (Å²) in [6.45, 7) is 5.06. The molecule has 0 N–H and O–H groups in total. The highest BCUT2D eigenvalue weighted by Crippen LogP contribution is 2.40. The SMILES string of the molecule is Cc1nccc2c1c(=O)n(C)c1cc(OC[C@H](CC(C)C)N3C(=O)c4ccccc4C3=O)c(C(F)(F)F)cc21. The zero-order valence-corrected chi connectivity index (χ0v) is 21.8. The fourth-order valence-corrected chi connectivity index (χ4v) is 5.26. The summed E-state index contributed by atoms with van der Waals surface area (Å²) in [7, 11) is 1.48. The minimum absolute atomic E-state index is 0.0191. The van der Waals surface area contributed by atoms with Gasteiger partial charge in [0.15, 0.2) is 0 Å². The second kappa shape index (κ2) is 9.52. The van der Waals surface area contributed by atoms with Crippen LogP contribution in [0.15, 0.2) is 53.5 Å². The molecule has 4 aromatic rings. The largest absolute Gasteiger partial charge is 0.491 e. The molecule has 10 heteroatoms. The minimum atomic E-state index is -4.77. The van der Waals surface area contributed by atoms with Gasteiger partial charge in [-0.05, 0) is 48.9 Å². The van der Waals surface area contributed by atoms with Crippen LogP contribution in [0.5, 0.6) is 5.75 Å². The van der Waals surface area contributed by atoms with Gasteiger partial charge in [0.2, 0.25) is 0 Å². The number of imide groups is 1. The van der Waals surface area contributed by atoms with E-state index in [4.69, 9.17) is 4.74 Å². The lowest BCUT2D eigenvalue weighted by Gasteiger charge is -2.28. The molecule has 3 heterocycles. The van der Waals surface area contributed by atoms with Crippen LogP contribution in [0.1, 0.15) is 52.2 Å². The van der Waals surface area contributed by atoms with Crippen LogP contribution < -0.4 is 10.3 Å². The Hall–Kier alpha value is -4.21. The first-order valence-corrected chi connectivity index (χ1v) is 12.5. The number of aromatic nitrogens is 2. The average Bonchev–Trinajstić information content (AvgIpc) is 3.13. The van der Waals surface area contributed by atoms with E-state index >= 15 is 0 Å². The maximum Gasteiger partial charge on any atom is 0.419 e.